The monoisotopic (exact) mass is 300 g/mol. The molecule has 0 spiro atoms. The van der Waals surface area contributed by atoms with Crippen molar-refractivity contribution >= 4 is 11.5 Å². The molecule has 2 N–H and O–H groups in total. The van der Waals surface area contributed by atoms with E-state index >= 15 is 0 Å². The molecule has 0 amide bonds. The van der Waals surface area contributed by atoms with E-state index in [9.17, 15) is 15.0 Å². The van der Waals surface area contributed by atoms with E-state index in [1.54, 1.807) is 19.1 Å². The zero-order valence-electron chi connectivity index (χ0n) is 12.1. The third-order valence-electron chi connectivity index (χ3n) is 3.54. The van der Waals surface area contributed by atoms with Crippen molar-refractivity contribution in [2.45, 2.75) is 19.8 Å². The number of hydrogen-bond donors (Lipinski definition) is 2. The number of benzene rings is 1. The Bertz CT molecular complexity index is 878. The predicted octanol–water partition coefficient (Wildman–Crippen LogP) is 1.83. The molecule has 0 atom stereocenters. The first-order valence-corrected chi connectivity index (χ1v) is 7.13. The number of fused-ring (bicyclic) bond motifs is 1. The van der Waals surface area contributed by atoms with E-state index < -0.39 is 5.43 Å². The largest absolute Gasteiger partial charge is 0.511 e. The van der Waals surface area contributed by atoms with Crippen molar-refractivity contribution in [1.82, 2.24) is 0 Å². The van der Waals surface area contributed by atoms with Crippen LogP contribution in [-0.2, 0) is 0 Å². The van der Waals surface area contributed by atoms with Gasteiger partial charge >= 0.3 is 0 Å². The average Bonchev–Trinajstić information content (AvgIpc) is 2.54. The van der Waals surface area contributed by atoms with Crippen molar-refractivity contribution in [3.63, 3.8) is 0 Å². The van der Waals surface area contributed by atoms with Crippen LogP contribution in [0.1, 0.15) is 19.8 Å². The zero-order chi connectivity index (χ0) is 15.7. The van der Waals surface area contributed by atoms with Crippen LogP contribution in [-0.4, -0.2) is 16.8 Å². The van der Waals surface area contributed by atoms with Gasteiger partial charge in [0.25, 0.3) is 0 Å². The van der Waals surface area contributed by atoms with Gasteiger partial charge < -0.3 is 19.4 Å². The summed E-state index contributed by atoms with van der Waals surface area (Å²) in [6.45, 7) is 2.06. The number of aliphatic hydroxyl groups is 2. The van der Waals surface area contributed by atoms with Gasteiger partial charge in [0, 0.05) is 18.4 Å². The second kappa shape index (κ2) is 5.60. The Morgan fingerprint density at radius 2 is 1.82 bits per heavy atom. The molecule has 0 radical (unpaired) electrons. The lowest BCUT2D eigenvalue weighted by Gasteiger charge is -2.12. The van der Waals surface area contributed by atoms with Gasteiger partial charge in [0.05, 0.1) is 6.61 Å². The van der Waals surface area contributed by atoms with Crippen LogP contribution >= 0.6 is 0 Å². The van der Waals surface area contributed by atoms with Crippen LogP contribution in [0, 0.1) is 0 Å². The lowest BCUT2D eigenvalue weighted by molar-refractivity contribution is 0.319. The molecule has 0 saturated carbocycles. The molecule has 3 rings (SSSR count). The van der Waals surface area contributed by atoms with Crippen LogP contribution < -0.4 is 20.8 Å². The quantitative estimate of drug-likeness (QED) is 0.904. The fourth-order valence-corrected chi connectivity index (χ4v) is 2.51. The average molecular weight is 300 g/mol. The molecule has 5 nitrogen and oxygen atoms in total. The van der Waals surface area contributed by atoms with E-state index in [-0.39, 0.29) is 46.5 Å². The van der Waals surface area contributed by atoms with E-state index in [2.05, 4.69) is 0 Å². The van der Waals surface area contributed by atoms with Gasteiger partial charge in [0.15, 0.2) is 11.2 Å². The molecule has 5 heteroatoms. The summed E-state index contributed by atoms with van der Waals surface area (Å²) in [4.78, 5) is 12.7. The molecule has 0 fully saturated rings. The highest BCUT2D eigenvalue weighted by Crippen LogP contribution is 2.25. The van der Waals surface area contributed by atoms with Crippen LogP contribution in [0.25, 0.3) is 22.8 Å². The van der Waals surface area contributed by atoms with Crippen LogP contribution in [0.4, 0.5) is 0 Å². The minimum absolute atomic E-state index is 0.00752. The summed E-state index contributed by atoms with van der Waals surface area (Å²) in [7, 11) is 0. The SMILES string of the molecule is CCOc1c(-c2ccccc2)oc2c(c1=O)=C(O)CCC=2O. The normalized spacial score (nSPS) is 13.9. The topological polar surface area (TPSA) is 79.9 Å². The maximum Gasteiger partial charge on any atom is 0.238 e. The lowest BCUT2D eigenvalue weighted by atomic mass is 10.1. The zero-order valence-corrected chi connectivity index (χ0v) is 12.1. The highest BCUT2D eigenvalue weighted by molar-refractivity contribution is 5.65. The van der Waals surface area contributed by atoms with E-state index in [0.29, 0.717) is 12.2 Å². The second-order valence-electron chi connectivity index (χ2n) is 4.99. The van der Waals surface area contributed by atoms with Crippen LogP contribution in [0.2, 0.25) is 0 Å². The summed E-state index contributed by atoms with van der Waals surface area (Å²) in [5.41, 5.74) is 0.227. The van der Waals surface area contributed by atoms with Gasteiger partial charge in [-0.15, -0.1) is 0 Å². The van der Waals surface area contributed by atoms with Crippen molar-refractivity contribution in [3.05, 3.63) is 51.2 Å². The minimum atomic E-state index is -0.467. The van der Waals surface area contributed by atoms with Crippen molar-refractivity contribution in [2.24, 2.45) is 0 Å². The number of aliphatic hydroxyl groups excluding tert-OH is 2. The third-order valence-corrected chi connectivity index (χ3v) is 3.54. The molecule has 1 aromatic heterocycles. The Hall–Kier alpha value is -2.69. The van der Waals surface area contributed by atoms with E-state index in [0.717, 1.165) is 0 Å². The molecular weight excluding hydrogens is 284 g/mol. The summed E-state index contributed by atoms with van der Waals surface area (Å²) < 4.78 is 11.2. The molecule has 114 valence electrons. The van der Waals surface area contributed by atoms with Gasteiger partial charge in [-0.1, -0.05) is 30.3 Å². The third kappa shape index (κ3) is 2.24. The summed E-state index contributed by atoms with van der Waals surface area (Å²) >= 11 is 0. The van der Waals surface area contributed by atoms with Crippen molar-refractivity contribution in [3.8, 4) is 17.1 Å². The van der Waals surface area contributed by atoms with E-state index in [4.69, 9.17) is 9.15 Å². The Morgan fingerprint density at radius 1 is 1.14 bits per heavy atom. The van der Waals surface area contributed by atoms with Gasteiger partial charge in [0.2, 0.25) is 11.2 Å². The smallest absolute Gasteiger partial charge is 0.238 e. The van der Waals surface area contributed by atoms with Gasteiger partial charge in [-0.2, -0.15) is 0 Å². The van der Waals surface area contributed by atoms with Crippen molar-refractivity contribution in [1.29, 1.82) is 0 Å². The molecule has 1 heterocycles. The highest BCUT2D eigenvalue weighted by atomic mass is 16.5. The molecule has 0 aliphatic heterocycles. The number of rotatable bonds is 3. The Balaban J connectivity index is 2.45. The maximum atomic E-state index is 12.7. The van der Waals surface area contributed by atoms with Crippen LogP contribution in [0.15, 0.2) is 39.5 Å². The molecular formula is C17H16O5. The highest BCUT2D eigenvalue weighted by Gasteiger charge is 2.21. The van der Waals surface area contributed by atoms with Gasteiger partial charge in [-0.05, 0) is 6.92 Å². The summed E-state index contributed by atoms with van der Waals surface area (Å²) in [5.74, 6) is 0.188. The van der Waals surface area contributed by atoms with E-state index in [1.807, 2.05) is 18.2 Å². The molecule has 0 saturated heterocycles. The molecule has 2 aromatic rings. The molecule has 22 heavy (non-hydrogen) atoms. The first-order valence-electron chi connectivity index (χ1n) is 7.13. The Labute approximate surface area is 126 Å². The summed E-state index contributed by atoms with van der Waals surface area (Å²) in [5, 5.41) is 20.0. The standard InChI is InChI=1S/C17H16O5/c1-2-21-17-14(20)13-11(18)8-9-12(19)16(13)22-15(17)10-6-4-3-5-7-10/h3-7,18-19H,2,8-9H2,1H3. The fraction of sp³-hybridized carbons (Fsp3) is 0.235. The number of hydrogen-bond acceptors (Lipinski definition) is 5. The Kier molecular flexibility index (Phi) is 3.63. The Morgan fingerprint density at radius 3 is 2.50 bits per heavy atom. The first-order chi connectivity index (χ1) is 10.6. The first kappa shape index (κ1) is 14.3. The predicted molar refractivity (Wildman–Crippen MR) is 82.1 cm³/mol. The minimum Gasteiger partial charge on any atom is -0.511 e. The molecule has 1 aliphatic carbocycles. The molecule has 1 aliphatic rings. The maximum absolute atomic E-state index is 12.7. The molecule has 0 unspecified atom stereocenters. The van der Waals surface area contributed by atoms with Gasteiger partial charge in [-0.3, -0.25) is 4.79 Å². The van der Waals surface area contributed by atoms with Crippen molar-refractivity contribution in [2.75, 3.05) is 6.61 Å². The van der Waals surface area contributed by atoms with Crippen LogP contribution in [0.5, 0.6) is 5.75 Å². The van der Waals surface area contributed by atoms with E-state index in [1.165, 1.54) is 0 Å². The summed E-state index contributed by atoms with van der Waals surface area (Å²) in [6, 6.07) is 9.06. The molecule has 0 bridgehead atoms. The van der Waals surface area contributed by atoms with Crippen molar-refractivity contribution < 1.29 is 19.4 Å². The second-order valence-corrected chi connectivity index (χ2v) is 4.99. The fourth-order valence-electron chi connectivity index (χ4n) is 2.51. The van der Waals surface area contributed by atoms with Gasteiger partial charge in [0.1, 0.15) is 16.7 Å². The summed E-state index contributed by atoms with van der Waals surface area (Å²) in [6.07, 6.45) is 0.448. The molecule has 1 aromatic carbocycles. The van der Waals surface area contributed by atoms with Crippen LogP contribution in [0.3, 0.4) is 0 Å². The lowest BCUT2D eigenvalue weighted by Crippen LogP contribution is -2.44. The van der Waals surface area contributed by atoms with Gasteiger partial charge in [-0.25, -0.2) is 0 Å². The number of ether oxygens (including phenoxy) is 1.